The fraction of sp³-hybridized carbons (Fsp3) is 0.333. The molecule has 5 nitrogen and oxygen atoms in total. The number of aromatic nitrogens is 1. The predicted octanol–water partition coefficient (Wildman–Crippen LogP) is 2.49. The Labute approximate surface area is 128 Å². The molecule has 0 atom stereocenters. The van der Waals surface area contributed by atoms with Crippen molar-refractivity contribution in [2.75, 3.05) is 24.6 Å². The van der Waals surface area contributed by atoms with E-state index >= 15 is 0 Å². The molecule has 0 saturated heterocycles. The maximum absolute atomic E-state index is 11.9. The number of aryl methyl sites for hydroxylation is 1. The third-order valence-corrected chi connectivity index (χ3v) is 4.13. The first kappa shape index (κ1) is 15.5. The largest absolute Gasteiger partial charge is 0.397 e. The molecule has 0 unspecified atom stereocenters. The first-order valence-corrected chi connectivity index (χ1v) is 7.66. The molecule has 21 heavy (non-hydrogen) atoms. The molecular formula is C15H20N4OS. The maximum atomic E-state index is 11.9. The van der Waals surface area contributed by atoms with Gasteiger partial charge in [-0.05, 0) is 26.1 Å². The molecule has 2 rings (SSSR count). The number of carbonyl (C=O) groups excluding carboxylic acids is 1. The van der Waals surface area contributed by atoms with Gasteiger partial charge in [0.25, 0.3) is 0 Å². The van der Waals surface area contributed by atoms with Gasteiger partial charge in [0, 0.05) is 24.4 Å². The van der Waals surface area contributed by atoms with E-state index < -0.39 is 0 Å². The van der Waals surface area contributed by atoms with Gasteiger partial charge in [0.2, 0.25) is 5.91 Å². The predicted molar refractivity (Wildman–Crippen MR) is 87.3 cm³/mol. The maximum Gasteiger partial charge on any atom is 0.225 e. The lowest BCUT2D eigenvalue weighted by Crippen LogP contribution is -2.24. The molecular weight excluding hydrogens is 284 g/mol. The highest BCUT2D eigenvalue weighted by atomic mass is 32.1. The number of carbonyl (C=O) groups is 1. The van der Waals surface area contributed by atoms with Crippen molar-refractivity contribution in [1.82, 2.24) is 9.88 Å². The number of anilines is 2. The van der Waals surface area contributed by atoms with Crippen molar-refractivity contribution in [1.29, 1.82) is 0 Å². The highest BCUT2D eigenvalue weighted by Gasteiger charge is 2.09. The third-order valence-electron chi connectivity index (χ3n) is 3.21. The summed E-state index contributed by atoms with van der Waals surface area (Å²) in [7, 11) is 2.00. The summed E-state index contributed by atoms with van der Waals surface area (Å²) in [4.78, 5) is 19.5. The van der Waals surface area contributed by atoms with Crippen LogP contribution in [0.1, 0.15) is 17.0 Å². The van der Waals surface area contributed by atoms with Crippen molar-refractivity contribution in [3.8, 4) is 0 Å². The van der Waals surface area contributed by atoms with E-state index in [1.54, 1.807) is 23.5 Å². The number of nitrogens with zero attached hydrogens (tertiary/aromatic N) is 2. The van der Waals surface area contributed by atoms with E-state index in [1.807, 2.05) is 31.6 Å². The quantitative estimate of drug-likeness (QED) is 0.804. The van der Waals surface area contributed by atoms with Crippen LogP contribution in [-0.2, 0) is 11.3 Å². The molecule has 1 aromatic heterocycles. The Kier molecular flexibility index (Phi) is 5.30. The zero-order chi connectivity index (χ0) is 15.2. The molecule has 1 heterocycles. The fourth-order valence-corrected chi connectivity index (χ4v) is 2.77. The van der Waals surface area contributed by atoms with Crippen LogP contribution in [0.2, 0.25) is 0 Å². The molecule has 0 spiro atoms. The van der Waals surface area contributed by atoms with Gasteiger partial charge < -0.3 is 16.0 Å². The summed E-state index contributed by atoms with van der Waals surface area (Å²) in [6.07, 6.45) is 0.433. The van der Waals surface area contributed by atoms with E-state index in [0.29, 0.717) is 24.3 Å². The van der Waals surface area contributed by atoms with Crippen molar-refractivity contribution in [2.45, 2.75) is 19.9 Å². The number of para-hydroxylation sites is 2. The molecule has 0 saturated carbocycles. The molecule has 3 N–H and O–H groups in total. The van der Waals surface area contributed by atoms with E-state index in [-0.39, 0.29) is 5.91 Å². The number of hydrogen-bond acceptors (Lipinski definition) is 5. The van der Waals surface area contributed by atoms with Crippen LogP contribution >= 0.6 is 11.3 Å². The van der Waals surface area contributed by atoms with E-state index in [0.717, 1.165) is 12.2 Å². The Bertz CT molecular complexity index is 611. The van der Waals surface area contributed by atoms with Crippen LogP contribution < -0.4 is 11.1 Å². The van der Waals surface area contributed by atoms with Crippen molar-refractivity contribution >= 4 is 28.6 Å². The fourth-order valence-electron chi connectivity index (χ4n) is 1.92. The normalized spacial score (nSPS) is 10.8. The van der Waals surface area contributed by atoms with E-state index in [9.17, 15) is 4.79 Å². The Balaban J connectivity index is 1.79. The standard InChI is InChI=1S/C15H20N4OS/c1-11-14(21-10-17-11)9-19(2)8-7-15(20)18-13-6-4-3-5-12(13)16/h3-6,10H,7-9,16H2,1-2H3,(H,18,20). The van der Waals surface area contributed by atoms with Gasteiger partial charge in [0.1, 0.15) is 0 Å². The molecule has 1 aromatic carbocycles. The summed E-state index contributed by atoms with van der Waals surface area (Å²) in [5, 5.41) is 2.84. The lowest BCUT2D eigenvalue weighted by molar-refractivity contribution is -0.116. The molecule has 0 radical (unpaired) electrons. The minimum Gasteiger partial charge on any atom is -0.397 e. The number of amides is 1. The average Bonchev–Trinajstić information content (AvgIpc) is 2.85. The number of nitrogens with one attached hydrogen (secondary N) is 1. The number of rotatable bonds is 6. The van der Waals surface area contributed by atoms with Crippen LogP contribution in [0.5, 0.6) is 0 Å². The van der Waals surface area contributed by atoms with Gasteiger partial charge in [-0.2, -0.15) is 0 Å². The second-order valence-corrected chi connectivity index (χ2v) is 5.92. The summed E-state index contributed by atoms with van der Waals surface area (Å²) in [6.45, 7) is 3.51. The average molecular weight is 304 g/mol. The third kappa shape index (κ3) is 4.54. The van der Waals surface area contributed by atoms with Crippen molar-refractivity contribution in [3.05, 3.63) is 40.3 Å². The van der Waals surface area contributed by atoms with Gasteiger partial charge in [-0.1, -0.05) is 12.1 Å². The van der Waals surface area contributed by atoms with Crippen LogP contribution in [0.4, 0.5) is 11.4 Å². The van der Waals surface area contributed by atoms with E-state index in [2.05, 4.69) is 15.2 Å². The summed E-state index contributed by atoms with van der Waals surface area (Å²) in [6, 6.07) is 7.27. The highest BCUT2D eigenvalue weighted by molar-refractivity contribution is 7.09. The first-order valence-electron chi connectivity index (χ1n) is 6.78. The van der Waals surface area contributed by atoms with Gasteiger partial charge in [-0.3, -0.25) is 4.79 Å². The molecule has 0 fully saturated rings. The number of benzene rings is 1. The Hall–Kier alpha value is -1.92. The Morgan fingerprint density at radius 1 is 1.43 bits per heavy atom. The van der Waals surface area contributed by atoms with Gasteiger partial charge in [-0.15, -0.1) is 11.3 Å². The van der Waals surface area contributed by atoms with E-state index in [1.165, 1.54) is 4.88 Å². The van der Waals surface area contributed by atoms with Crippen molar-refractivity contribution in [3.63, 3.8) is 0 Å². The molecule has 1 amide bonds. The summed E-state index contributed by atoms with van der Waals surface area (Å²) < 4.78 is 0. The van der Waals surface area contributed by atoms with Crippen LogP contribution in [-0.4, -0.2) is 29.4 Å². The first-order chi connectivity index (χ1) is 10.1. The summed E-state index contributed by atoms with van der Waals surface area (Å²) in [5.74, 6) is -0.0271. The van der Waals surface area contributed by atoms with Crippen LogP contribution in [0.15, 0.2) is 29.8 Å². The lowest BCUT2D eigenvalue weighted by Gasteiger charge is -2.16. The molecule has 6 heteroatoms. The highest BCUT2D eigenvalue weighted by Crippen LogP contribution is 2.17. The van der Waals surface area contributed by atoms with Gasteiger partial charge in [0.15, 0.2) is 0 Å². The van der Waals surface area contributed by atoms with Gasteiger partial charge in [0.05, 0.1) is 22.6 Å². The SMILES string of the molecule is Cc1ncsc1CN(C)CCC(=O)Nc1ccccc1N. The zero-order valence-corrected chi connectivity index (χ0v) is 13.1. The van der Waals surface area contributed by atoms with Gasteiger partial charge in [-0.25, -0.2) is 4.98 Å². The minimum absolute atomic E-state index is 0.0271. The number of thiazole rings is 1. The van der Waals surface area contributed by atoms with Gasteiger partial charge >= 0.3 is 0 Å². The molecule has 0 aliphatic carbocycles. The van der Waals surface area contributed by atoms with Crippen molar-refractivity contribution in [2.24, 2.45) is 0 Å². The van der Waals surface area contributed by atoms with Crippen molar-refractivity contribution < 1.29 is 4.79 Å². The number of nitrogens with two attached hydrogens (primary N) is 1. The lowest BCUT2D eigenvalue weighted by atomic mass is 10.2. The Morgan fingerprint density at radius 3 is 2.86 bits per heavy atom. The van der Waals surface area contributed by atoms with E-state index in [4.69, 9.17) is 5.73 Å². The molecule has 0 aliphatic heterocycles. The minimum atomic E-state index is -0.0271. The molecule has 0 bridgehead atoms. The topological polar surface area (TPSA) is 71.2 Å². The number of hydrogen-bond donors (Lipinski definition) is 2. The van der Waals surface area contributed by atoms with Crippen LogP contribution in [0.3, 0.4) is 0 Å². The van der Waals surface area contributed by atoms with Crippen LogP contribution in [0.25, 0.3) is 0 Å². The molecule has 0 aliphatic rings. The second-order valence-electron chi connectivity index (χ2n) is 4.98. The zero-order valence-electron chi connectivity index (χ0n) is 12.3. The molecule has 112 valence electrons. The smallest absolute Gasteiger partial charge is 0.225 e. The van der Waals surface area contributed by atoms with Crippen LogP contribution in [0, 0.1) is 6.92 Å². The monoisotopic (exact) mass is 304 g/mol. The summed E-state index contributed by atoms with van der Waals surface area (Å²) in [5.41, 5.74) is 9.97. The Morgan fingerprint density at radius 2 is 2.19 bits per heavy atom. The second kappa shape index (κ2) is 7.19. The molecule has 2 aromatic rings. The summed E-state index contributed by atoms with van der Waals surface area (Å²) >= 11 is 1.65. The number of nitrogen functional groups attached to an aromatic ring is 1.